The number of carbonyl (C=O) groups excluding carboxylic acids is 2. The molecule has 3 aromatic carbocycles. The van der Waals surface area contributed by atoms with Crippen molar-refractivity contribution in [2.45, 2.75) is 25.0 Å². The zero-order chi connectivity index (χ0) is 28.2. The molecule has 4 N–H and O–H groups in total. The number of allylic oxidation sites excluding steroid dienone is 1. The van der Waals surface area contributed by atoms with Gasteiger partial charge in [0.2, 0.25) is 6.79 Å². The predicted molar refractivity (Wildman–Crippen MR) is 144 cm³/mol. The zero-order valence-corrected chi connectivity index (χ0v) is 21.5. The van der Waals surface area contributed by atoms with Crippen LogP contribution < -0.4 is 29.7 Å². The van der Waals surface area contributed by atoms with Crippen LogP contribution in [0.2, 0.25) is 0 Å². The first kappa shape index (κ1) is 28.3. The number of aliphatic hydroxyl groups excluding tert-OH is 1. The van der Waals surface area contributed by atoms with Crippen molar-refractivity contribution in [2.75, 3.05) is 25.3 Å². The molecule has 0 spiro atoms. The summed E-state index contributed by atoms with van der Waals surface area (Å²) in [7, 11) is 0. The van der Waals surface area contributed by atoms with Crippen molar-refractivity contribution in [3.8, 4) is 23.0 Å². The Morgan fingerprint density at radius 3 is 2.58 bits per heavy atom. The number of para-hydroxylation sites is 1. The fourth-order valence-corrected chi connectivity index (χ4v) is 3.97. The maximum atomic E-state index is 13.1. The molecule has 3 aromatic rings. The molecule has 0 saturated heterocycles. The van der Waals surface area contributed by atoms with E-state index < -0.39 is 24.2 Å². The summed E-state index contributed by atoms with van der Waals surface area (Å²) in [5.74, 6) is 1.46. The Bertz CT molecular complexity index is 1300. The van der Waals surface area contributed by atoms with E-state index in [4.69, 9.17) is 34.0 Å². The minimum atomic E-state index is -0.910. The molecular formula is C29H30N2O9. The number of hydrogen-bond acceptors (Lipinski definition) is 9. The molecule has 2 amide bonds. The molecule has 0 radical (unpaired) electrons. The molecule has 0 aliphatic carbocycles. The summed E-state index contributed by atoms with van der Waals surface area (Å²) >= 11 is 0. The third-order valence-electron chi connectivity index (χ3n) is 5.77. The predicted octanol–water partition coefficient (Wildman–Crippen LogP) is 4.37. The van der Waals surface area contributed by atoms with Gasteiger partial charge >= 0.3 is 6.09 Å². The quantitative estimate of drug-likeness (QED) is 0.139. The van der Waals surface area contributed by atoms with E-state index in [-0.39, 0.29) is 20.0 Å². The highest BCUT2D eigenvalue weighted by Gasteiger charge is 2.29. The summed E-state index contributed by atoms with van der Waals surface area (Å²) in [6.07, 6.45) is 1.15. The van der Waals surface area contributed by atoms with E-state index >= 15 is 0 Å². The molecule has 1 aliphatic rings. The second-order valence-electron chi connectivity index (χ2n) is 8.59. The monoisotopic (exact) mass is 550 g/mol. The van der Waals surface area contributed by atoms with Crippen molar-refractivity contribution in [2.24, 2.45) is 0 Å². The largest absolute Gasteiger partial charge is 0.491 e. The molecule has 0 aromatic heterocycles. The van der Waals surface area contributed by atoms with Crippen LogP contribution in [0.3, 0.4) is 0 Å². The van der Waals surface area contributed by atoms with Crippen LogP contribution in [0.15, 0.2) is 84.9 Å². The number of carbonyl (C=O) groups is 2. The molecule has 1 heterocycles. The van der Waals surface area contributed by atoms with Crippen LogP contribution in [0.4, 0.5) is 10.5 Å². The SMILES string of the molecule is O=C(/C=C/CC[C@@H](Oc1ccccc1)[C@H](OC(=O)Nc1ccc2c(c1)OCO2)c1cccc(OCCO)c1)NO. The van der Waals surface area contributed by atoms with E-state index in [1.54, 1.807) is 66.2 Å². The van der Waals surface area contributed by atoms with Crippen LogP contribution in [0.25, 0.3) is 0 Å². The molecule has 0 saturated carbocycles. The van der Waals surface area contributed by atoms with Crippen LogP contribution in [0.1, 0.15) is 24.5 Å². The summed E-state index contributed by atoms with van der Waals surface area (Å²) in [5.41, 5.74) is 2.59. The first-order valence-corrected chi connectivity index (χ1v) is 12.6. The second-order valence-corrected chi connectivity index (χ2v) is 8.59. The Kier molecular flexibility index (Phi) is 10.2. The molecule has 40 heavy (non-hydrogen) atoms. The van der Waals surface area contributed by atoms with Gasteiger partial charge in [-0.2, -0.15) is 0 Å². The topological polar surface area (TPSA) is 145 Å². The number of benzene rings is 3. The molecular weight excluding hydrogens is 520 g/mol. The molecule has 4 rings (SSSR count). The molecule has 1 aliphatic heterocycles. The van der Waals surface area contributed by atoms with Crippen molar-refractivity contribution >= 4 is 17.7 Å². The van der Waals surface area contributed by atoms with Crippen LogP contribution in [0, 0.1) is 0 Å². The number of hydroxylamine groups is 1. The van der Waals surface area contributed by atoms with Gasteiger partial charge in [0, 0.05) is 17.8 Å². The van der Waals surface area contributed by atoms with Gasteiger partial charge in [0.25, 0.3) is 5.91 Å². The number of fused-ring (bicyclic) bond motifs is 1. The highest BCUT2D eigenvalue weighted by atomic mass is 16.7. The van der Waals surface area contributed by atoms with Gasteiger partial charge < -0.3 is 28.8 Å². The summed E-state index contributed by atoms with van der Waals surface area (Å²) in [6.45, 7) is 0.0454. The number of ether oxygens (including phenoxy) is 5. The zero-order valence-electron chi connectivity index (χ0n) is 21.5. The number of aliphatic hydroxyl groups is 1. The van der Waals surface area contributed by atoms with Crippen molar-refractivity contribution in [1.29, 1.82) is 0 Å². The van der Waals surface area contributed by atoms with Gasteiger partial charge in [0.1, 0.15) is 24.2 Å². The smallest absolute Gasteiger partial charge is 0.412 e. The highest BCUT2D eigenvalue weighted by Crippen LogP contribution is 2.35. The number of amides is 2. The lowest BCUT2D eigenvalue weighted by Crippen LogP contribution is -2.31. The lowest BCUT2D eigenvalue weighted by Gasteiger charge is -2.28. The Morgan fingerprint density at radius 2 is 1.77 bits per heavy atom. The van der Waals surface area contributed by atoms with E-state index in [0.717, 1.165) is 0 Å². The maximum absolute atomic E-state index is 13.1. The lowest BCUT2D eigenvalue weighted by atomic mass is 9.99. The van der Waals surface area contributed by atoms with Crippen molar-refractivity contribution in [1.82, 2.24) is 5.48 Å². The molecule has 0 bridgehead atoms. The standard InChI is InChI=1S/C29H30N2O9/c32-15-16-36-23-10-6-7-20(17-23)28(40-29(34)30-21-13-14-24-26(18-21)38-19-37-24)25(11-4-5-12-27(33)31-35)39-22-8-2-1-3-9-22/h1-3,5-10,12-14,17-18,25,28,32,35H,4,11,15-16,19H2,(H,30,34)(H,31,33)/b12-5+/t25-,28-/m1/s1. The first-order chi connectivity index (χ1) is 19.6. The minimum Gasteiger partial charge on any atom is -0.491 e. The average molecular weight is 551 g/mol. The third kappa shape index (κ3) is 8.13. The van der Waals surface area contributed by atoms with Gasteiger partial charge in [-0.25, -0.2) is 10.3 Å². The second kappa shape index (κ2) is 14.4. The Labute approximate surface area is 230 Å². The van der Waals surface area contributed by atoms with E-state index in [0.29, 0.717) is 47.1 Å². The summed E-state index contributed by atoms with van der Waals surface area (Å²) in [4.78, 5) is 24.6. The number of anilines is 1. The molecule has 11 heteroatoms. The molecule has 0 fully saturated rings. The summed E-state index contributed by atoms with van der Waals surface area (Å²) in [6, 6.07) is 21.0. The molecule has 2 atom stereocenters. The van der Waals surface area contributed by atoms with Crippen LogP contribution in [-0.4, -0.2) is 48.4 Å². The number of nitrogens with one attached hydrogen (secondary N) is 2. The van der Waals surface area contributed by atoms with Gasteiger partial charge in [-0.3, -0.25) is 15.3 Å². The van der Waals surface area contributed by atoms with E-state index in [1.807, 2.05) is 18.2 Å². The lowest BCUT2D eigenvalue weighted by molar-refractivity contribution is -0.124. The van der Waals surface area contributed by atoms with Gasteiger partial charge in [-0.1, -0.05) is 36.4 Å². The third-order valence-corrected chi connectivity index (χ3v) is 5.77. The minimum absolute atomic E-state index is 0.0984. The Morgan fingerprint density at radius 1 is 0.975 bits per heavy atom. The van der Waals surface area contributed by atoms with Crippen molar-refractivity contribution in [3.63, 3.8) is 0 Å². The van der Waals surface area contributed by atoms with E-state index in [9.17, 15) is 9.59 Å². The first-order valence-electron chi connectivity index (χ1n) is 12.6. The average Bonchev–Trinajstić information content (AvgIpc) is 3.45. The van der Waals surface area contributed by atoms with Gasteiger partial charge in [0.05, 0.1) is 6.61 Å². The molecule has 0 unspecified atom stereocenters. The van der Waals surface area contributed by atoms with Gasteiger partial charge in [-0.15, -0.1) is 0 Å². The fraction of sp³-hybridized carbons (Fsp3) is 0.241. The number of hydrogen-bond donors (Lipinski definition) is 4. The van der Waals surface area contributed by atoms with Crippen LogP contribution in [0.5, 0.6) is 23.0 Å². The van der Waals surface area contributed by atoms with Crippen LogP contribution in [-0.2, 0) is 9.53 Å². The normalized spacial score (nSPS) is 13.3. The Hall–Kier alpha value is -4.74. The van der Waals surface area contributed by atoms with E-state index in [2.05, 4.69) is 5.32 Å². The Balaban J connectivity index is 1.60. The van der Waals surface area contributed by atoms with Crippen molar-refractivity contribution in [3.05, 3.63) is 90.5 Å². The summed E-state index contributed by atoms with van der Waals surface area (Å²) in [5, 5.41) is 20.6. The van der Waals surface area contributed by atoms with Crippen LogP contribution >= 0.6 is 0 Å². The van der Waals surface area contributed by atoms with E-state index in [1.165, 1.54) is 6.08 Å². The maximum Gasteiger partial charge on any atom is 0.412 e. The van der Waals surface area contributed by atoms with Gasteiger partial charge in [0.15, 0.2) is 17.6 Å². The van der Waals surface area contributed by atoms with Crippen molar-refractivity contribution < 1.29 is 43.6 Å². The van der Waals surface area contributed by atoms with Gasteiger partial charge in [-0.05, 0) is 54.8 Å². The molecule has 11 nitrogen and oxygen atoms in total. The fourth-order valence-electron chi connectivity index (χ4n) is 3.97. The summed E-state index contributed by atoms with van der Waals surface area (Å²) < 4.78 is 28.5. The number of rotatable bonds is 13. The highest BCUT2D eigenvalue weighted by molar-refractivity contribution is 5.86. The molecule has 210 valence electrons.